The molecule has 0 fully saturated rings. The number of amides is 1. The second-order valence-electron chi connectivity index (χ2n) is 9.29. The average molecular weight is 575 g/mol. The van der Waals surface area contributed by atoms with E-state index in [9.17, 15) is 4.79 Å². The SMILES string of the molecule is COc1cc(/C=C2/C(=N)N3N=C(c4ccc(C)cc4)SC3=NC2=O)cc(Cl)c1OCCOc1cc(C)ccc1C. The van der Waals surface area contributed by atoms with E-state index in [1.807, 2.05) is 63.2 Å². The summed E-state index contributed by atoms with van der Waals surface area (Å²) in [6.07, 6.45) is 1.55. The van der Waals surface area contributed by atoms with Crippen molar-refractivity contribution in [2.45, 2.75) is 20.8 Å². The fourth-order valence-electron chi connectivity index (χ4n) is 4.09. The van der Waals surface area contributed by atoms with Gasteiger partial charge in [0.25, 0.3) is 5.91 Å². The van der Waals surface area contributed by atoms with Crippen LogP contribution in [0.5, 0.6) is 17.2 Å². The number of ether oxygens (including phenoxy) is 3. The molecule has 0 radical (unpaired) electrons. The van der Waals surface area contributed by atoms with E-state index in [-0.39, 0.29) is 18.0 Å². The van der Waals surface area contributed by atoms with Gasteiger partial charge in [-0.3, -0.25) is 10.2 Å². The number of halogens is 1. The molecule has 1 N–H and O–H groups in total. The highest BCUT2D eigenvalue weighted by Gasteiger charge is 2.36. The molecule has 0 saturated carbocycles. The molecule has 204 valence electrons. The summed E-state index contributed by atoms with van der Waals surface area (Å²) in [5, 5.41) is 15.9. The Morgan fingerprint density at radius 3 is 2.45 bits per heavy atom. The number of hydrogen-bond acceptors (Lipinski definition) is 7. The monoisotopic (exact) mass is 574 g/mol. The minimum Gasteiger partial charge on any atom is -0.493 e. The third kappa shape index (κ3) is 5.76. The summed E-state index contributed by atoms with van der Waals surface area (Å²) in [4.78, 5) is 17.1. The molecule has 40 heavy (non-hydrogen) atoms. The van der Waals surface area contributed by atoms with Crippen LogP contribution in [0, 0.1) is 26.2 Å². The number of amidine groups is 2. The van der Waals surface area contributed by atoms with E-state index in [1.54, 1.807) is 18.2 Å². The summed E-state index contributed by atoms with van der Waals surface area (Å²) in [6.45, 7) is 6.58. The Hall–Kier alpha value is -4.08. The number of nitrogens with one attached hydrogen (secondary N) is 1. The fraction of sp³-hybridized carbons (Fsp3) is 0.200. The second kappa shape index (κ2) is 11.6. The zero-order valence-electron chi connectivity index (χ0n) is 22.4. The number of aliphatic imine (C=N–C) groups is 1. The molecule has 2 aliphatic heterocycles. The van der Waals surface area contributed by atoms with Gasteiger partial charge in [0.15, 0.2) is 17.3 Å². The first-order valence-electron chi connectivity index (χ1n) is 12.5. The molecule has 5 rings (SSSR count). The lowest BCUT2D eigenvalue weighted by Gasteiger charge is -2.20. The van der Waals surface area contributed by atoms with E-state index >= 15 is 0 Å². The van der Waals surface area contributed by atoms with Gasteiger partial charge in [-0.1, -0.05) is 53.6 Å². The van der Waals surface area contributed by atoms with Crippen LogP contribution in [0.2, 0.25) is 5.02 Å². The quantitative estimate of drug-likeness (QED) is 0.247. The Labute approximate surface area is 241 Å². The molecule has 3 aromatic carbocycles. The number of carbonyl (C=O) groups excluding carboxylic acids is 1. The van der Waals surface area contributed by atoms with E-state index in [0.29, 0.717) is 38.9 Å². The molecule has 0 spiro atoms. The maximum absolute atomic E-state index is 12.9. The number of fused-ring (bicyclic) bond motifs is 1. The van der Waals surface area contributed by atoms with Crippen molar-refractivity contribution in [2.24, 2.45) is 10.1 Å². The van der Waals surface area contributed by atoms with Crippen LogP contribution in [0.25, 0.3) is 6.08 Å². The molecular formula is C30H27ClN4O4S. The van der Waals surface area contributed by atoms with Crippen molar-refractivity contribution in [1.29, 1.82) is 5.41 Å². The Kier molecular flexibility index (Phi) is 7.95. The number of thioether (sulfide) groups is 1. The summed E-state index contributed by atoms with van der Waals surface area (Å²) in [5.74, 6) is 0.971. The molecule has 10 heteroatoms. The van der Waals surface area contributed by atoms with Crippen molar-refractivity contribution >= 4 is 51.4 Å². The lowest BCUT2D eigenvalue weighted by molar-refractivity contribution is -0.114. The first-order chi connectivity index (χ1) is 19.2. The van der Waals surface area contributed by atoms with E-state index in [1.165, 1.54) is 23.9 Å². The van der Waals surface area contributed by atoms with Crippen LogP contribution < -0.4 is 14.2 Å². The standard InChI is InChI=1S/C30H27ClN4O4S/c1-17-6-9-21(10-7-17)29-34-35-27(32)22(28(36)33-30(35)40-29)14-20-15-23(31)26(25(16-20)37-4)39-12-11-38-24-13-18(2)5-8-19(24)3/h5-10,13-16,32H,11-12H2,1-4H3/b22-14-,32-27?. The predicted octanol–water partition coefficient (Wildman–Crippen LogP) is 6.40. The van der Waals surface area contributed by atoms with Gasteiger partial charge < -0.3 is 14.2 Å². The van der Waals surface area contributed by atoms with Crippen LogP contribution in [-0.2, 0) is 4.79 Å². The molecular weight excluding hydrogens is 548 g/mol. The summed E-state index contributed by atoms with van der Waals surface area (Å²) in [7, 11) is 1.51. The van der Waals surface area contributed by atoms with Gasteiger partial charge in [0.05, 0.1) is 17.7 Å². The maximum atomic E-state index is 12.9. The molecule has 2 heterocycles. The minimum absolute atomic E-state index is 0.0661. The number of rotatable bonds is 8. The molecule has 0 atom stereocenters. The van der Waals surface area contributed by atoms with E-state index in [4.69, 9.17) is 31.2 Å². The molecule has 0 saturated heterocycles. The van der Waals surface area contributed by atoms with Crippen molar-refractivity contribution in [1.82, 2.24) is 5.01 Å². The lowest BCUT2D eigenvalue weighted by Crippen LogP contribution is -2.35. The van der Waals surface area contributed by atoms with E-state index < -0.39 is 5.91 Å². The van der Waals surface area contributed by atoms with Crippen molar-refractivity contribution in [2.75, 3.05) is 20.3 Å². The number of aryl methyl sites for hydroxylation is 3. The predicted molar refractivity (Wildman–Crippen MR) is 160 cm³/mol. The average Bonchev–Trinajstić information content (AvgIpc) is 3.36. The van der Waals surface area contributed by atoms with Gasteiger partial charge in [-0.15, -0.1) is 0 Å². The largest absolute Gasteiger partial charge is 0.493 e. The van der Waals surface area contributed by atoms with E-state index in [2.05, 4.69) is 10.1 Å². The maximum Gasteiger partial charge on any atom is 0.283 e. The van der Waals surface area contributed by atoms with Crippen LogP contribution in [0.1, 0.15) is 27.8 Å². The molecule has 8 nitrogen and oxygen atoms in total. The molecule has 0 aromatic heterocycles. The zero-order chi connectivity index (χ0) is 28.4. The van der Waals surface area contributed by atoms with Crippen molar-refractivity contribution in [3.05, 3.63) is 93.0 Å². The third-order valence-electron chi connectivity index (χ3n) is 6.25. The highest BCUT2D eigenvalue weighted by Crippen LogP contribution is 2.38. The molecule has 2 aliphatic rings. The highest BCUT2D eigenvalue weighted by atomic mass is 35.5. The Bertz CT molecular complexity index is 1600. The van der Waals surface area contributed by atoms with Crippen LogP contribution >= 0.6 is 23.4 Å². The second-order valence-corrected chi connectivity index (χ2v) is 10.7. The molecule has 0 aliphatic carbocycles. The van der Waals surface area contributed by atoms with Crippen LogP contribution in [0.3, 0.4) is 0 Å². The Morgan fingerprint density at radius 2 is 1.70 bits per heavy atom. The molecule has 1 amide bonds. The number of benzene rings is 3. The van der Waals surface area contributed by atoms with Gasteiger partial charge in [-0.25, -0.2) is 0 Å². The highest BCUT2D eigenvalue weighted by molar-refractivity contribution is 8.27. The summed E-state index contributed by atoms with van der Waals surface area (Å²) < 4.78 is 17.3. The Balaban J connectivity index is 1.32. The van der Waals surface area contributed by atoms with Gasteiger partial charge >= 0.3 is 0 Å². The van der Waals surface area contributed by atoms with Gasteiger partial charge in [0, 0.05) is 5.56 Å². The first kappa shape index (κ1) is 27.5. The Morgan fingerprint density at radius 1 is 0.975 bits per heavy atom. The minimum atomic E-state index is -0.525. The first-order valence-corrected chi connectivity index (χ1v) is 13.7. The van der Waals surface area contributed by atoms with Gasteiger partial charge in [0.2, 0.25) is 5.17 Å². The number of methoxy groups -OCH3 is 1. The normalized spacial score (nSPS) is 15.6. The van der Waals surface area contributed by atoms with Gasteiger partial charge in [0.1, 0.15) is 24.0 Å². The van der Waals surface area contributed by atoms with Crippen molar-refractivity contribution < 1.29 is 19.0 Å². The topological polar surface area (TPSA) is 96.6 Å². The smallest absolute Gasteiger partial charge is 0.283 e. The van der Waals surface area contributed by atoms with Crippen LogP contribution in [0.15, 0.2) is 70.3 Å². The summed E-state index contributed by atoms with van der Waals surface area (Å²) in [6, 6.07) is 17.3. The summed E-state index contributed by atoms with van der Waals surface area (Å²) >= 11 is 7.81. The zero-order valence-corrected chi connectivity index (χ0v) is 24.0. The fourth-order valence-corrected chi connectivity index (χ4v) is 5.26. The lowest BCUT2D eigenvalue weighted by atomic mass is 10.1. The molecule has 0 unspecified atom stereocenters. The van der Waals surface area contributed by atoms with Crippen LogP contribution in [-0.4, -0.2) is 47.3 Å². The molecule has 0 bridgehead atoms. The summed E-state index contributed by atoms with van der Waals surface area (Å²) in [5.41, 5.74) is 4.83. The number of nitrogens with zero attached hydrogens (tertiary/aromatic N) is 3. The van der Waals surface area contributed by atoms with Gasteiger partial charge in [-0.2, -0.15) is 15.1 Å². The number of hydrogen-bond donors (Lipinski definition) is 1. The van der Waals surface area contributed by atoms with Crippen molar-refractivity contribution in [3.8, 4) is 17.2 Å². The van der Waals surface area contributed by atoms with Gasteiger partial charge in [-0.05, 0) is 73.5 Å². The van der Waals surface area contributed by atoms with Crippen LogP contribution in [0.4, 0.5) is 0 Å². The number of hydrazone groups is 1. The van der Waals surface area contributed by atoms with Crippen molar-refractivity contribution in [3.63, 3.8) is 0 Å². The molecule has 3 aromatic rings. The van der Waals surface area contributed by atoms with E-state index in [0.717, 1.165) is 28.0 Å². The third-order valence-corrected chi connectivity index (χ3v) is 7.48. The number of carbonyl (C=O) groups is 1.